The van der Waals surface area contributed by atoms with Gasteiger partial charge in [0.2, 0.25) is 0 Å². The van der Waals surface area contributed by atoms with Crippen LogP contribution < -0.4 is 15.0 Å². The molecule has 126 valence electrons. The van der Waals surface area contributed by atoms with Gasteiger partial charge in [0.05, 0.1) is 6.61 Å². The van der Waals surface area contributed by atoms with Crippen molar-refractivity contribution >= 4 is 17.3 Å². The van der Waals surface area contributed by atoms with Gasteiger partial charge in [0.25, 0.3) is 5.91 Å². The zero-order chi connectivity index (χ0) is 16.8. The predicted octanol–water partition coefficient (Wildman–Crippen LogP) is 4.33. The lowest BCUT2D eigenvalue weighted by Gasteiger charge is -2.17. The van der Waals surface area contributed by atoms with E-state index in [1.54, 1.807) is 12.1 Å². The Hall–Kier alpha value is -2.49. The first-order valence-electron chi connectivity index (χ1n) is 8.65. The van der Waals surface area contributed by atoms with E-state index in [1.165, 1.54) is 18.5 Å². The summed E-state index contributed by atoms with van der Waals surface area (Å²) in [7, 11) is 0. The molecule has 1 fully saturated rings. The first-order chi connectivity index (χ1) is 11.8. The minimum atomic E-state index is -0.120. The molecule has 2 aromatic rings. The van der Waals surface area contributed by atoms with Gasteiger partial charge in [-0.05, 0) is 61.7 Å². The maximum Gasteiger partial charge on any atom is 0.255 e. The molecule has 1 aliphatic rings. The zero-order valence-electron chi connectivity index (χ0n) is 14.1. The highest BCUT2D eigenvalue weighted by Gasteiger charge is 2.12. The number of carbonyl (C=O) groups is 1. The molecular weight excluding hydrogens is 300 g/mol. The second-order valence-corrected chi connectivity index (χ2v) is 6.07. The number of hydrogen-bond donors (Lipinski definition) is 1. The molecule has 0 atom stereocenters. The molecule has 2 aromatic carbocycles. The summed E-state index contributed by atoms with van der Waals surface area (Å²) in [4.78, 5) is 14.8. The molecule has 0 saturated carbocycles. The second-order valence-electron chi connectivity index (χ2n) is 6.07. The predicted molar refractivity (Wildman–Crippen MR) is 98.1 cm³/mol. The van der Waals surface area contributed by atoms with Crippen molar-refractivity contribution in [1.29, 1.82) is 0 Å². The number of ether oxygens (including phenoxy) is 1. The van der Waals surface area contributed by atoms with Crippen LogP contribution in [0.25, 0.3) is 0 Å². The fourth-order valence-electron chi connectivity index (χ4n) is 2.88. The summed E-state index contributed by atoms with van der Waals surface area (Å²) in [6.07, 6.45) is 3.46. The largest absolute Gasteiger partial charge is 0.494 e. The van der Waals surface area contributed by atoms with Crippen molar-refractivity contribution in [3.63, 3.8) is 0 Å². The van der Waals surface area contributed by atoms with Crippen molar-refractivity contribution in [3.8, 4) is 5.75 Å². The smallest absolute Gasteiger partial charge is 0.255 e. The van der Waals surface area contributed by atoms with Crippen molar-refractivity contribution < 1.29 is 9.53 Å². The zero-order valence-corrected chi connectivity index (χ0v) is 14.1. The molecule has 0 radical (unpaired) electrons. The number of carbonyl (C=O) groups excluding carboxylic acids is 1. The Labute approximate surface area is 143 Å². The Balaban J connectivity index is 1.63. The molecule has 0 bridgehead atoms. The molecule has 4 nitrogen and oxygen atoms in total. The third-order valence-electron chi connectivity index (χ3n) is 4.17. The van der Waals surface area contributed by atoms with E-state index < -0.39 is 0 Å². The molecule has 3 rings (SSSR count). The van der Waals surface area contributed by atoms with E-state index >= 15 is 0 Å². The molecule has 1 N–H and O–H groups in total. The van der Waals surface area contributed by atoms with Gasteiger partial charge in [-0.1, -0.05) is 13.0 Å². The number of anilines is 2. The van der Waals surface area contributed by atoms with Crippen LogP contribution >= 0.6 is 0 Å². The van der Waals surface area contributed by atoms with Crippen molar-refractivity contribution in [3.05, 3.63) is 54.1 Å². The summed E-state index contributed by atoms with van der Waals surface area (Å²) >= 11 is 0. The summed E-state index contributed by atoms with van der Waals surface area (Å²) < 4.78 is 5.58. The molecule has 1 saturated heterocycles. The fraction of sp³-hybridized carbons (Fsp3) is 0.350. The van der Waals surface area contributed by atoms with Crippen LogP contribution in [-0.4, -0.2) is 25.6 Å². The highest BCUT2D eigenvalue weighted by atomic mass is 16.5. The standard InChI is InChI=1S/C20H24N2O2/c1-2-14-24-19-7-5-6-16(15-19)20(23)21-17-8-10-18(11-9-17)22-12-3-4-13-22/h5-11,15H,2-4,12-14H2,1H3,(H,21,23). The van der Waals surface area contributed by atoms with Gasteiger partial charge in [0.1, 0.15) is 5.75 Å². The number of nitrogens with one attached hydrogen (secondary N) is 1. The minimum Gasteiger partial charge on any atom is -0.494 e. The Morgan fingerprint density at radius 3 is 2.58 bits per heavy atom. The molecule has 1 aliphatic heterocycles. The van der Waals surface area contributed by atoms with Gasteiger partial charge >= 0.3 is 0 Å². The van der Waals surface area contributed by atoms with Crippen LogP contribution in [0.15, 0.2) is 48.5 Å². The summed E-state index contributed by atoms with van der Waals surface area (Å²) in [5.41, 5.74) is 2.63. The average molecular weight is 324 g/mol. The Morgan fingerprint density at radius 1 is 1.12 bits per heavy atom. The van der Waals surface area contributed by atoms with Gasteiger partial charge in [-0.25, -0.2) is 0 Å². The van der Waals surface area contributed by atoms with E-state index in [0.717, 1.165) is 30.9 Å². The van der Waals surface area contributed by atoms with Crippen molar-refractivity contribution in [2.24, 2.45) is 0 Å². The van der Waals surface area contributed by atoms with Crippen LogP contribution in [0.3, 0.4) is 0 Å². The molecule has 0 spiro atoms. The third-order valence-corrected chi connectivity index (χ3v) is 4.17. The summed E-state index contributed by atoms with van der Waals surface area (Å²) in [5, 5.41) is 2.95. The van der Waals surface area contributed by atoms with Crippen molar-refractivity contribution in [1.82, 2.24) is 0 Å². The topological polar surface area (TPSA) is 41.6 Å². The molecule has 24 heavy (non-hydrogen) atoms. The lowest BCUT2D eigenvalue weighted by atomic mass is 10.2. The van der Waals surface area contributed by atoms with Crippen molar-refractivity contribution in [2.75, 3.05) is 29.9 Å². The quantitative estimate of drug-likeness (QED) is 0.860. The molecule has 4 heteroatoms. The van der Waals surface area contributed by atoms with Crippen molar-refractivity contribution in [2.45, 2.75) is 26.2 Å². The number of hydrogen-bond acceptors (Lipinski definition) is 3. The van der Waals surface area contributed by atoms with Gasteiger partial charge in [-0.15, -0.1) is 0 Å². The van der Waals surface area contributed by atoms with E-state index in [0.29, 0.717) is 12.2 Å². The first kappa shape index (κ1) is 16.4. The molecule has 0 aromatic heterocycles. The first-order valence-corrected chi connectivity index (χ1v) is 8.65. The van der Waals surface area contributed by atoms with Crippen LogP contribution in [0, 0.1) is 0 Å². The highest BCUT2D eigenvalue weighted by molar-refractivity contribution is 6.04. The lowest BCUT2D eigenvalue weighted by Crippen LogP contribution is -2.17. The maximum atomic E-state index is 12.4. The monoisotopic (exact) mass is 324 g/mol. The van der Waals surface area contributed by atoms with E-state index in [9.17, 15) is 4.79 Å². The minimum absolute atomic E-state index is 0.120. The summed E-state index contributed by atoms with van der Waals surface area (Å²) in [6, 6.07) is 15.4. The average Bonchev–Trinajstić information content (AvgIpc) is 3.15. The third kappa shape index (κ3) is 4.07. The Bertz CT molecular complexity index is 676. The molecular formula is C20H24N2O2. The van der Waals surface area contributed by atoms with Gasteiger partial charge in [-0.3, -0.25) is 4.79 Å². The second kappa shape index (κ2) is 7.86. The Morgan fingerprint density at radius 2 is 1.88 bits per heavy atom. The van der Waals surface area contributed by atoms with E-state index in [1.807, 2.05) is 24.3 Å². The number of benzene rings is 2. The lowest BCUT2D eigenvalue weighted by molar-refractivity contribution is 0.102. The van der Waals surface area contributed by atoms with Gasteiger partial charge in [-0.2, -0.15) is 0 Å². The van der Waals surface area contributed by atoms with Gasteiger partial charge in [0, 0.05) is 30.0 Å². The number of nitrogens with zero attached hydrogens (tertiary/aromatic N) is 1. The van der Waals surface area contributed by atoms with Crippen LogP contribution in [0.5, 0.6) is 5.75 Å². The maximum absolute atomic E-state index is 12.4. The normalized spacial score (nSPS) is 13.8. The van der Waals surface area contributed by atoms with Gasteiger partial charge < -0.3 is 15.0 Å². The summed E-state index contributed by atoms with van der Waals surface area (Å²) in [6.45, 7) is 4.96. The van der Waals surface area contributed by atoms with E-state index in [-0.39, 0.29) is 5.91 Å². The van der Waals surface area contributed by atoms with E-state index in [4.69, 9.17) is 4.74 Å². The Kier molecular flexibility index (Phi) is 5.36. The van der Waals surface area contributed by atoms with E-state index in [2.05, 4.69) is 29.3 Å². The molecule has 0 aliphatic carbocycles. The van der Waals surface area contributed by atoms with Crippen LogP contribution in [-0.2, 0) is 0 Å². The number of rotatable bonds is 6. The van der Waals surface area contributed by atoms with Crippen LogP contribution in [0.2, 0.25) is 0 Å². The number of amides is 1. The van der Waals surface area contributed by atoms with Gasteiger partial charge in [0.15, 0.2) is 0 Å². The molecule has 0 unspecified atom stereocenters. The summed E-state index contributed by atoms with van der Waals surface area (Å²) in [5.74, 6) is 0.611. The molecule has 1 heterocycles. The van der Waals surface area contributed by atoms with Crippen LogP contribution in [0.1, 0.15) is 36.5 Å². The van der Waals surface area contributed by atoms with Crippen LogP contribution in [0.4, 0.5) is 11.4 Å². The SMILES string of the molecule is CCCOc1cccc(C(=O)Nc2ccc(N3CCCC3)cc2)c1. The highest BCUT2D eigenvalue weighted by Crippen LogP contribution is 2.22. The molecule has 1 amide bonds. The fourth-order valence-corrected chi connectivity index (χ4v) is 2.88.